The summed E-state index contributed by atoms with van der Waals surface area (Å²) in [4.78, 5) is 27.7. The van der Waals surface area contributed by atoms with Gasteiger partial charge in [0.1, 0.15) is 17.4 Å². The molecule has 5 rings (SSSR count). The molecule has 1 amide bonds. The van der Waals surface area contributed by atoms with Gasteiger partial charge in [0.05, 0.1) is 11.8 Å². The molecule has 1 aliphatic heterocycles. The normalized spacial score (nSPS) is 16.6. The van der Waals surface area contributed by atoms with Crippen LogP contribution in [0.25, 0.3) is 11.0 Å². The van der Waals surface area contributed by atoms with Crippen molar-refractivity contribution >= 4 is 22.7 Å². The summed E-state index contributed by atoms with van der Waals surface area (Å²) in [6, 6.07) is 20.7. The summed E-state index contributed by atoms with van der Waals surface area (Å²) < 4.78 is 11.2. The van der Waals surface area contributed by atoms with Crippen molar-refractivity contribution in [2.75, 3.05) is 0 Å². The Labute approximate surface area is 171 Å². The zero-order chi connectivity index (χ0) is 20.7. The number of rotatable bonds is 5. The lowest BCUT2D eigenvalue weighted by atomic mass is 9.99. The van der Waals surface area contributed by atoms with E-state index >= 15 is 0 Å². The van der Waals surface area contributed by atoms with Crippen LogP contribution in [0.2, 0.25) is 0 Å². The molecule has 0 saturated heterocycles. The molecule has 0 bridgehead atoms. The first-order chi connectivity index (χ1) is 14.6. The lowest BCUT2D eigenvalue weighted by Gasteiger charge is -2.24. The third-order valence-electron chi connectivity index (χ3n) is 5.21. The Morgan fingerprint density at radius 3 is 2.50 bits per heavy atom. The van der Waals surface area contributed by atoms with Gasteiger partial charge >= 0.3 is 0 Å². The number of carbonyl (C=O) groups excluding carboxylic acids is 2. The topological polar surface area (TPSA) is 83.9 Å². The second-order valence-corrected chi connectivity index (χ2v) is 7.08. The fraction of sp³-hybridized carbons (Fsp3) is 0.0833. The molecule has 6 nitrogen and oxygen atoms in total. The molecule has 1 aliphatic rings. The van der Waals surface area contributed by atoms with E-state index < -0.39 is 23.5 Å². The van der Waals surface area contributed by atoms with E-state index in [0.717, 1.165) is 10.9 Å². The molecule has 148 valence electrons. The molecule has 0 fully saturated rings. The molecule has 0 spiro atoms. The van der Waals surface area contributed by atoms with E-state index in [9.17, 15) is 14.7 Å². The van der Waals surface area contributed by atoms with Crippen LogP contribution in [0.15, 0.2) is 99.2 Å². The fourth-order valence-corrected chi connectivity index (χ4v) is 3.80. The minimum atomic E-state index is -0.853. The summed E-state index contributed by atoms with van der Waals surface area (Å²) in [6.07, 6.45) is 1.47. The largest absolute Gasteiger partial charge is 0.503 e. The van der Waals surface area contributed by atoms with Gasteiger partial charge in [0.2, 0.25) is 5.78 Å². The fourth-order valence-electron chi connectivity index (χ4n) is 3.80. The van der Waals surface area contributed by atoms with Crippen LogP contribution in [0.4, 0.5) is 0 Å². The SMILES string of the molecule is O=C(C1=C(O)C(=O)N(Cc2ccccc2)C1c1ccco1)c1cc2ccccc2o1. The first-order valence-electron chi connectivity index (χ1n) is 9.48. The molecule has 4 aromatic rings. The minimum absolute atomic E-state index is 0.0510. The van der Waals surface area contributed by atoms with Gasteiger partial charge in [-0.15, -0.1) is 0 Å². The van der Waals surface area contributed by atoms with Crippen LogP contribution < -0.4 is 0 Å². The van der Waals surface area contributed by atoms with Gasteiger partial charge in [-0.3, -0.25) is 9.59 Å². The molecule has 3 heterocycles. The standard InChI is InChI=1S/C24H17NO5/c26-22(19-13-16-9-4-5-10-17(16)30-19)20-21(18-11-6-12-29-18)25(24(28)23(20)27)14-15-7-2-1-3-8-15/h1-13,21,27H,14H2. The molecular formula is C24H17NO5. The van der Waals surface area contributed by atoms with Crippen molar-refractivity contribution in [3.63, 3.8) is 0 Å². The maximum absolute atomic E-state index is 13.3. The molecule has 0 saturated carbocycles. The van der Waals surface area contributed by atoms with E-state index in [1.54, 1.807) is 24.3 Å². The zero-order valence-corrected chi connectivity index (χ0v) is 15.8. The van der Waals surface area contributed by atoms with E-state index in [0.29, 0.717) is 11.3 Å². The molecular weight excluding hydrogens is 382 g/mol. The van der Waals surface area contributed by atoms with Crippen molar-refractivity contribution in [3.8, 4) is 0 Å². The molecule has 1 unspecified atom stereocenters. The maximum atomic E-state index is 13.3. The van der Waals surface area contributed by atoms with Crippen molar-refractivity contribution < 1.29 is 23.5 Å². The number of benzene rings is 2. The smallest absolute Gasteiger partial charge is 0.290 e. The molecule has 1 atom stereocenters. The van der Waals surface area contributed by atoms with E-state index in [1.165, 1.54) is 11.2 Å². The molecule has 1 N–H and O–H groups in total. The lowest BCUT2D eigenvalue weighted by molar-refractivity contribution is -0.130. The Morgan fingerprint density at radius 2 is 1.77 bits per heavy atom. The summed E-state index contributed by atoms with van der Waals surface area (Å²) in [5, 5.41) is 11.4. The maximum Gasteiger partial charge on any atom is 0.290 e. The van der Waals surface area contributed by atoms with Gasteiger partial charge in [-0.2, -0.15) is 0 Å². The summed E-state index contributed by atoms with van der Waals surface area (Å²) in [5.41, 5.74) is 1.37. The number of hydrogen-bond donors (Lipinski definition) is 1. The van der Waals surface area contributed by atoms with Gasteiger partial charge in [0.15, 0.2) is 11.5 Å². The predicted molar refractivity (Wildman–Crippen MR) is 109 cm³/mol. The number of para-hydroxylation sites is 1. The molecule has 2 aromatic heterocycles. The zero-order valence-electron chi connectivity index (χ0n) is 15.8. The predicted octanol–water partition coefficient (Wildman–Crippen LogP) is 4.80. The Kier molecular flexibility index (Phi) is 4.25. The van der Waals surface area contributed by atoms with Crippen molar-refractivity contribution in [1.82, 2.24) is 4.90 Å². The first-order valence-corrected chi connectivity index (χ1v) is 9.48. The highest BCUT2D eigenvalue weighted by Crippen LogP contribution is 2.40. The van der Waals surface area contributed by atoms with Crippen molar-refractivity contribution in [2.45, 2.75) is 12.6 Å². The Hall–Kier alpha value is -4.06. The Morgan fingerprint density at radius 1 is 1.00 bits per heavy atom. The van der Waals surface area contributed by atoms with E-state index in [2.05, 4.69) is 0 Å². The quantitative estimate of drug-likeness (QED) is 0.487. The van der Waals surface area contributed by atoms with Crippen LogP contribution in [0.5, 0.6) is 0 Å². The second-order valence-electron chi connectivity index (χ2n) is 7.08. The number of aliphatic hydroxyl groups excluding tert-OH is 1. The second kappa shape index (κ2) is 7.08. The van der Waals surface area contributed by atoms with Gasteiger partial charge in [-0.05, 0) is 29.8 Å². The van der Waals surface area contributed by atoms with Gasteiger partial charge in [-0.25, -0.2) is 0 Å². The number of nitrogens with zero attached hydrogens (tertiary/aromatic N) is 1. The van der Waals surface area contributed by atoms with Crippen LogP contribution in [-0.2, 0) is 11.3 Å². The van der Waals surface area contributed by atoms with Crippen molar-refractivity contribution in [2.24, 2.45) is 0 Å². The summed E-state index contributed by atoms with van der Waals surface area (Å²) in [5.74, 6) is -1.31. The average Bonchev–Trinajstić information content (AvgIpc) is 3.49. The molecule has 0 radical (unpaired) electrons. The van der Waals surface area contributed by atoms with E-state index in [-0.39, 0.29) is 17.9 Å². The molecule has 30 heavy (non-hydrogen) atoms. The number of ketones is 1. The van der Waals surface area contributed by atoms with Crippen molar-refractivity contribution in [3.05, 3.63) is 107 Å². The van der Waals surface area contributed by atoms with Gasteiger partial charge < -0.3 is 18.8 Å². The third-order valence-corrected chi connectivity index (χ3v) is 5.21. The van der Waals surface area contributed by atoms with Crippen LogP contribution in [0.1, 0.15) is 27.9 Å². The average molecular weight is 399 g/mol. The minimum Gasteiger partial charge on any atom is -0.503 e. The summed E-state index contributed by atoms with van der Waals surface area (Å²) in [7, 11) is 0. The Bertz CT molecular complexity index is 1230. The Balaban J connectivity index is 1.58. The lowest BCUT2D eigenvalue weighted by Crippen LogP contribution is -2.30. The van der Waals surface area contributed by atoms with Crippen LogP contribution in [0.3, 0.4) is 0 Å². The third kappa shape index (κ3) is 2.90. The number of furan rings is 2. The van der Waals surface area contributed by atoms with Crippen LogP contribution in [-0.4, -0.2) is 21.7 Å². The number of fused-ring (bicyclic) bond motifs is 1. The highest BCUT2D eigenvalue weighted by Gasteiger charge is 2.45. The van der Waals surface area contributed by atoms with Gasteiger partial charge in [0, 0.05) is 11.9 Å². The van der Waals surface area contributed by atoms with Gasteiger partial charge in [-0.1, -0.05) is 48.5 Å². The molecule has 0 aliphatic carbocycles. The van der Waals surface area contributed by atoms with E-state index in [1.807, 2.05) is 48.5 Å². The monoisotopic (exact) mass is 399 g/mol. The highest BCUT2D eigenvalue weighted by atomic mass is 16.3. The summed E-state index contributed by atoms with van der Waals surface area (Å²) in [6.45, 7) is 0.214. The number of amides is 1. The van der Waals surface area contributed by atoms with Crippen LogP contribution in [0, 0.1) is 0 Å². The number of hydrogen-bond acceptors (Lipinski definition) is 5. The molecule has 6 heteroatoms. The number of aliphatic hydroxyl groups is 1. The van der Waals surface area contributed by atoms with Crippen molar-refractivity contribution in [1.29, 1.82) is 0 Å². The summed E-state index contributed by atoms with van der Waals surface area (Å²) >= 11 is 0. The number of carbonyl (C=O) groups is 2. The molecule has 2 aromatic carbocycles. The van der Waals surface area contributed by atoms with Crippen LogP contribution >= 0.6 is 0 Å². The van der Waals surface area contributed by atoms with E-state index in [4.69, 9.17) is 8.83 Å². The van der Waals surface area contributed by atoms with Gasteiger partial charge in [0.25, 0.3) is 5.91 Å². The number of Topliss-reactive ketones (excluding diaryl/α,β-unsaturated/α-hetero) is 1. The first kappa shape index (κ1) is 18.0. The highest BCUT2D eigenvalue weighted by molar-refractivity contribution is 6.15.